The zero-order valence-corrected chi connectivity index (χ0v) is 12.1. The molecule has 0 bridgehead atoms. The zero-order chi connectivity index (χ0) is 13.7. The average molecular weight is 260 g/mol. The molecule has 0 saturated carbocycles. The molecule has 1 atom stereocenters. The van der Waals surface area contributed by atoms with Crippen LogP contribution in [0.1, 0.15) is 44.6 Å². The minimum atomic E-state index is 0.456. The van der Waals surface area contributed by atoms with Gasteiger partial charge in [-0.05, 0) is 31.5 Å². The fraction of sp³-hybridized carbons (Fsp3) is 0.533. The number of imidazole rings is 1. The molecule has 0 spiro atoms. The molecule has 2 aromatic heterocycles. The van der Waals surface area contributed by atoms with Crippen molar-refractivity contribution in [3.8, 4) is 0 Å². The van der Waals surface area contributed by atoms with Gasteiger partial charge in [-0.2, -0.15) is 0 Å². The van der Waals surface area contributed by atoms with Gasteiger partial charge in [-0.25, -0.2) is 4.98 Å². The Labute approximate surface area is 115 Å². The number of hydrogen-bond acceptors (Lipinski definition) is 2. The van der Waals surface area contributed by atoms with Crippen molar-refractivity contribution in [2.75, 3.05) is 6.54 Å². The molecule has 19 heavy (non-hydrogen) atoms. The van der Waals surface area contributed by atoms with Gasteiger partial charge in [-0.3, -0.25) is 0 Å². The largest absolute Gasteiger partial charge is 0.346 e. The second-order valence-corrected chi connectivity index (χ2v) is 4.77. The van der Waals surface area contributed by atoms with Gasteiger partial charge in [-0.1, -0.05) is 13.8 Å². The van der Waals surface area contributed by atoms with Gasteiger partial charge in [0, 0.05) is 37.4 Å². The second kappa shape index (κ2) is 6.57. The fourth-order valence-electron chi connectivity index (χ4n) is 2.45. The maximum atomic E-state index is 4.42. The predicted octanol–water partition coefficient (Wildman–Crippen LogP) is 2.81. The van der Waals surface area contributed by atoms with Crippen molar-refractivity contribution >= 4 is 0 Å². The van der Waals surface area contributed by atoms with Crippen LogP contribution in [-0.4, -0.2) is 20.7 Å². The Hall–Kier alpha value is -1.55. The summed E-state index contributed by atoms with van der Waals surface area (Å²) < 4.78 is 4.39. The third-order valence-electron chi connectivity index (χ3n) is 3.50. The first-order valence-electron chi connectivity index (χ1n) is 7.17. The van der Waals surface area contributed by atoms with Crippen molar-refractivity contribution in [2.45, 2.75) is 46.3 Å². The molecule has 1 unspecified atom stereocenters. The third-order valence-corrected chi connectivity index (χ3v) is 3.50. The number of nitrogens with one attached hydrogen (secondary N) is 1. The van der Waals surface area contributed by atoms with E-state index in [-0.39, 0.29) is 0 Å². The Kier molecular flexibility index (Phi) is 4.80. The summed E-state index contributed by atoms with van der Waals surface area (Å²) in [5.74, 6) is 1.11. The van der Waals surface area contributed by atoms with E-state index in [1.54, 1.807) is 0 Å². The molecule has 2 rings (SSSR count). The monoisotopic (exact) mass is 260 g/mol. The van der Waals surface area contributed by atoms with E-state index < -0.39 is 0 Å². The van der Waals surface area contributed by atoms with Crippen LogP contribution in [0.4, 0.5) is 0 Å². The lowest BCUT2D eigenvalue weighted by Gasteiger charge is -2.14. The van der Waals surface area contributed by atoms with Gasteiger partial charge in [-0.15, -0.1) is 0 Å². The van der Waals surface area contributed by atoms with Crippen LogP contribution in [0, 0.1) is 0 Å². The normalized spacial score (nSPS) is 12.8. The molecule has 1 N–H and O–H groups in total. The molecule has 0 saturated heterocycles. The van der Waals surface area contributed by atoms with Crippen LogP contribution in [0.3, 0.4) is 0 Å². The molecule has 0 aliphatic heterocycles. The van der Waals surface area contributed by atoms with Crippen molar-refractivity contribution in [3.05, 3.63) is 42.2 Å². The van der Waals surface area contributed by atoms with Gasteiger partial charge >= 0.3 is 0 Å². The van der Waals surface area contributed by atoms with E-state index in [0.717, 1.165) is 31.9 Å². The van der Waals surface area contributed by atoms with Crippen molar-refractivity contribution in [1.29, 1.82) is 0 Å². The minimum absolute atomic E-state index is 0.456. The standard InChI is InChI=1S/C15H24N4/c1-4-14(16-5-2)13-7-9-18(11-13)12-15-17-8-10-19(15)6-3/h7-11,14,16H,4-6,12H2,1-3H3. The maximum absolute atomic E-state index is 4.42. The molecule has 2 heterocycles. The van der Waals surface area contributed by atoms with Gasteiger partial charge in [0.15, 0.2) is 0 Å². The molecule has 104 valence electrons. The fourth-order valence-corrected chi connectivity index (χ4v) is 2.45. The number of nitrogens with zero attached hydrogens (tertiary/aromatic N) is 3. The lowest BCUT2D eigenvalue weighted by atomic mass is 10.1. The summed E-state index contributed by atoms with van der Waals surface area (Å²) in [6.45, 7) is 9.32. The summed E-state index contributed by atoms with van der Waals surface area (Å²) in [6.07, 6.45) is 9.39. The number of hydrogen-bond donors (Lipinski definition) is 1. The first-order valence-corrected chi connectivity index (χ1v) is 7.17. The van der Waals surface area contributed by atoms with Crippen LogP contribution in [0.5, 0.6) is 0 Å². The molecule has 2 aromatic rings. The molecule has 0 radical (unpaired) electrons. The smallest absolute Gasteiger partial charge is 0.128 e. The van der Waals surface area contributed by atoms with E-state index in [9.17, 15) is 0 Å². The zero-order valence-electron chi connectivity index (χ0n) is 12.1. The molecule has 0 aromatic carbocycles. The van der Waals surface area contributed by atoms with Crippen molar-refractivity contribution < 1.29 is 0 Å². The average Bonchev–Trinajstić information content (AvgIpc) is 3.05. The summed E-state index contributed by atoms with van der Waals surface area (Å²) in [6, 6.07) is 2.66. The van der Waals surface area contributed by atoms with Gasteiger partial charge in [0.2, 0.25) is 0 Å². The second-order valence-electron chi connectivity index (χ2n) is 4.77. The van der Waals surface area contributed by atoms with Crippen molar-refractivity contribution in [2.24, 2.45) is 0 Å². The Balaban J connectivity index is 2.08. The highest BCUT2D eigenvalue weighted by Gasteiger charge is 2.10. The Morgan fingerprint density at radius 1 is 1.26 bits per heavy atom. The van der Waals surface area contributed by atoms with Crippen LogP contribution >= 0.6 is 0 Å². The van der Waals surface area contributed by atoms with E-state index in [0.29, 0.717) is 6.04 Å². The van der Waals surface area contributed by atoms with Crippen LogP contribution < -0.4 is 5.32 Å². The summed E-state index contributed by atoms with van der Waals surface area (Å²) in [4.78, 5) is 4.42. The molecular formula is C15H24N4. The summed E-state index contributed by atoms with van der Waals surface area (Å²) in [5, 5.41) is 3.51. The van der Waals surface area contributed by atoms with Gasteiger partial charge in [0.1, 0.15) is 5.82 Å². The number of aryl methyl sites for hydroxylation is 1. The topological polar surface area (TPSA) is 34.8 Å². The van der Waals surface area contributed by atoms with E-state index in [2.05, 4.69) is 58.7 Å². The molecule has 0 aliphatic rings. The Morgan fingerprint density at radius 3 is 2.79 bits per heavy atom. The first-order chi connectivity index (χ1) is 9.28. The van der Waals surface area contributed by atoms with Crippen molar-refractivity contribution in [3.63, 3.8) is 0 Å². The van der Waals surface area contributed by atoms with Crippen LogP contribution in [0.2, 0.25) is 0 Å². The molecule has 4 nitrogen and oxygen atoms in total. The third kappa shape index (κ3) is 3.26. The van der Waals surface area contributed by atoms with E-state index >= 15 is 0 Å². The van der Waals surface area contributed by atoms with E-state index in [4.69, 9.17) is 0 Å². The summed E-state index contributed by atoms with van der Waals surface area (Å²) in [7, 11) is 0. The quantitative estimate of drug-likeness (QED) is 0.830. The molecule has 0 amide bonds. The number of aromatic nitrogens is 3. The van der Waals surface area contributed by atoms with Gasteiger partial charge < -0.3 is 14.5 Å². The lowest BCUT2D eigenvalue weighted by Crippen LogP contribution is -2.19. The molecular weight excluding hydrogens is 236 g/mol. The molecule has 0 fully saturated rings. The van der Waals surface area contributed by atoms with E-state index in [1.807, 2.05) is 12.4 Å². The minimum Gasteiger partial charge on any atom is -0.346 e. The van der Waals surface area contributed by atoms with Crippen LogP contribution in [-0.2, 0) is 13.1 Å². The first kappa shape index (κ1) is 13.9. The highest BCUT2D eigenvalue weighted by atomic mass is 15.1. The molecule has 0 aliphatic carbocycles. The lowest BCUT2D eigenvalue weighted by molar-refractivity contribution is 0.536. The van der Waals surface area contributed by atoms with Gasteiger partial charge in [0.25, 0.3) is 0 Å². The van der Waals surface area contributed by atoms with Crippen molar-refractivity contribution in [1.82, 2.24) is 19.4 Å². The van der Waals surface area contributed by atoms with Crippen LogP contribution in [0.15, 0.2) is 30.9 Å². The van der Waals surface area contributed by atoms with Crippen LogP contribution in [0.25, 0.3) is 0 Å². The van der Waals surface area contributed by atoms with E-state index in [1.165, 1.54) is 5.56 Å². The number of rotatable bonds is 7. The summed E-state index contributed by atoms with van der Waals surface area (Å²) in [5.41, 5.74) is 1.36. The Morgan fingerprint density at radius 2 is 2.11 bits per heavy atom. The van der Waals surface area contributed by atoms with Gasteiger partial charge in [0.05, 0.1) is 6.54 Å². The highest BCUT2D eigenvalue weighted by molar-refractivity contribution is 5.16. The highest BCUT2D eigenvalue weighted by Crippen LogP contribution is 2.17. The SMILES string of the molecule is CCNC(CC)c1ccn(Cc2nccn2CC)c1. The summed E-state index contributed by atoms with van der Waals surface area (Å²) >= 11 is 0. The molecule has 4 heteroatoms. The predicted molar refractivity (Wildman–Crippen MR) is 78.1 cm³/mol. The maximum Gasteiger partial charge on any atom is 0.128 e. The Bertz CT molecular complexity index is 498.